The summed E-state index contributed by atoms with van der Waals surface area (Å²) < 4.78 is 2.20. The molecule has 5 nitrogen and oxygen atoms in total. The van der Waals surface area contributed by atoms with E-state index in [-0.39, 0.29) is 6.04 Å². The fourth-order valence-electron chi connectivity index (χ4n) is 5.03. The number of nitrogens with zero attached hydrogens (tertiary/aromatic N) is 3. The second-order valence-electron chi connectivity index (χ2n) is 8.36. The third-order valence-electron chi connectivity index (χ3n) is 6.44. The van der Waals surface area contributed by atoms with Crippen LogP contribution in [0.15, 0.2) is 91.4 Å². The van der Waals surface area contributed by atoms with Crippen molar-refractivity contribution in [2.45, 2.75) is 19.0 Å². The third kappa shape index (κ3) is 3.18. The first-order chi connectivity index (χ1) is 15.8. The lowest BCUT2D eigenvalue weighted by Crippen LogP contribution is -2.36. The van der Waals surface area contributed by atoms with Gasteiger partial charge in [0.15, 0.2) is 0 Å². The predicted molar refractivity (Wildman–Crippen MR) is 126 cm³/mol. The number of aromatic hydroxyl groups is 1. The molecule has 0 saturated heterocycles. The minimum atomic E-state index is 0.0375. The van der Waals surface area contributed by atoms with E-state index < -0.39 is 0 Å². The van der Waals surface area contributed by atoms with Gasteiger partial charge in [0.25, 0.3) is 0 Å². The summed E-state index contributed by atoms with van der Waals surface area (Å²) in [6, 6.07) is 24.5. The van der Waals surface area contributed by atoms with Gasteiger partial charge in [-0.05, 0) is 60.0 Å². The molecule has 5 aromatic rings. The lowest BCUT2D eigenvalue weighted by Gasteiger charge is -2.36. The maximum absolute atomic E-state index is 10.2. The van der Waals surface area contributed by atoms with E-state index in [1.165, 1.54) is 27.9 Å². The van der Waals surface area contributed by atoms with Crippen molar-refractivity contribution in [3.63, 3.8) is 0 Å². The highest BCUT2D eigenvalue weighted by Gasteiger charge is 2.32. The molecule has 32 heavy (non-hydrogen) atoms. The summed E-state index contributed by atoms with van der Waals surface area (Å²) >= 11 is 0. The van der Waals surface area contributed by atoms with E-state index in [0.29, 0.717) is 5.75 Å². The van der Waals surface area contributed by atoms with Crippen molar-refractivity contribution in [3.05, 3.63) is 114 Å². The second-order valence-corrected chi connectivity index (χ2v) is 8.36. The first-order valence-electron chi connectivity index (χ1n) is 11.0. The molecule has 5 heteroatoms. The summed E-state index contributed by atoms with van der Waals surface area (Å²) in [6.07, 6.45) is 6.77. The molecule has 2 N–H and O–H groups in total. The Morgan fingerprint density at radius 2 is 1.94 bits per heavy atom. The fourth-order valence-corrected chi connectivity index (χ4v) is 5.03. The molecule has 4 heterocycles. The summed E-state index contributed by atoms with van der Waals surface area (Å²) in [5, 5.41) is 11.5. The average Bonchev–Trinajstić information content (AvgIpc) is 3.44. The molecular weight excluding hydrogens is 396 g/mol. The Balaban J connectivity index is 1.44. The smallest absolute Gasteiger partial charge is 0.115 e. The number of rotatable bonds is 4. The van der Waals surface area contributed by atoms with Crippen molar-refractivity contribution in [1.29, 1.82) is 0 Å². The molecule has 0 aliphatic carbocycles. The first kappa shape index (κ1) is 18.9. The molecule has 1 aliphatic rings. The number of hydrogen-bond donors (Lipinski definition) is 2. The van der Waals surface area contributed by atoms with Gasteiger partial charge in [-0.15, -0.1) is 0 Å². The van der Waals surface area contributed by atoms with Gasteiger partial charge in [-0.25, -0.2) is 0 Å². The molecule has 0 bridgehead atoms. The topological polar surface area (TPSA) is 57.1 Å². The molecular formula is C27H24N4O. The van der Waals surface area contributed by atoms with Crippen LogP contribution in [0.4, 0.5) is 0 Å². The van der Waals surface area contributed by atoms with Crippen LogP contribution in [-0.2, 0) is 13.0 Å². The van der Waals surface area contributed by atoms with E-state index in [2.05, 4.69) is 74.2 Å². The highest BCUT2D eigenvalue weighted by molar-refractivity contribution is 5.85. The van der Waals surface area contributed by atoms with Gasteiger partial charge in [0.1, 0.15) is 5.75 Å². The Morgan fingerprint density at radius 1 is 1.00 bits per heavy atom. The number of benzene rings is 2. The Labute approximate surface area is 186 Å². The molecule has 3 aromatic heterocycles. The van der Waals surface area contributed by atoms with Crippen molar-refractivity contribution >= 4 is 10.9 Å². The van der Waals surface area contributed by atoms with E-state index in [0.717, 1.165) is 30.8 Å². The Bertz CT molecular complexity index is 1390. The van der Waals surface area contributed by atoms with Gasteiger partial charge in [0.05, 0.1) is 17.9 Å². The molecule has 0 fully saturated rings. The van der Waals surface area contributed by atoms with Gasteiger partial charge >= 0.3 is 0 Å². The number of H-pyrrole nitrogens is 1. The summed E-state index contributed by atoms with van der Waals surface area (Å²) in [4.78, 5) is 10.5. The molecule has 6 rings (SSSR count). The van der Waals surface area contributed by atoms with Gasteiger partial charge in [-0.1, -0.05) is 30.3 Å². The zero-order valence-corrected chi connectivity index (χ0v) is 17.6. The molecule has 1 aliphatic heterocycles. The zero-order valence-electron chi connectivity index (χ0n) is 17.6. The molecule has 0 amide bonds. The van der Waals surface area contributed by atoms with Crippen LogP contribution in [0.5, 0.6) is 5.75 Å². The quantitative estimate of drug-likeness (QED) is 0.420. The van der Waals surface area contributed by atoms with Crippen LogP contribution in [0, 0.1) is 0 Å². The molecule has 0 spiro atoms. The number of phenols is 1. The minimum absolute atomic E-state index is 0.0375. The predicted octanol–water partition coefficient (Wildman–Crippen LogP) is 5.21. The van der Waals surface area contributed by atoms with E-state index >= 15 is 0 Å². The summed E-state index contributed by atoms with van der Waals surface area (Å²) in [7, 11) is 0. The van der Waals surface area contributed by atoms with Crippen molar-refractivity contribution in [1.82, 2.24) is 19.4 Å². The van der Waals surface area contributed by atoms with Crippen LogP contribution in [-0.4, -0.2) is 31.1 Å². The molecule has 2 aromatic carbocycles. The lowest BCUT2D eigenvalue weighted by molar-refractivity contribution is 0.198. The molecule has 1 unspecified atom stereocenters. The van der Waals surface area contributed by atoms with Crippen LogP contribution in [0.2, 0.25) is 0 Å². The van der Waals surface area contributed by atoms with Crippen molar-refractivity contribution < 1.29 is 5.11 Å². The number of para-hydroxylation sites is 1. The van der Waals surface area contributed by atoms with E-state index in [9.17, 15) is 5.11 Å². The lowest BCUT2D eigenvalue weighted by atomic mass is 9.92. The monoisotopic (exact) mass is 420 g/mol. The van der Waals surface area contributed by atoms with Gasteiger partial charge < -0.3 is 14.7 Å². The van der Waals surface area contributed by atoms with Crippen molar-refractivity contribution in [2.24, 2.45) is 0 Å². The van der Waals surface area contributed by atoms with E-state index in [4.69, 9.17) is 0 Å². The molecule has 0 radical (unpaired) electrons. The Hall–Kier alpha value is -3.83. The maximum Gasteiger partial charge on any atom is 0.115 e. The normalized spacial score (nSPS) is 16.3. The van der Waals surface area contributed by atoms with Crippen LogP contribution < -0.4 is 0 Å². The van der Waals surface area contributed by atoms with Crippen LogP contribution in [0.1, 0.15) is 28.6 Å². The molecule has 158 valence electrons. The standard InChI is InChI=1S/C27H24N4O/c32-22-9-3-6-19(16-22)27-26-24(23-10-1-2-11-25(23)29-26)12-15-30(27)18-21-8-5-14-31(21)20-7-4-13-28-17-20/h1-11,13-14,16-17,27,29,32H,12,15,18H2. The number of phenolic OH excluding ortho intramolecular Hbond substituents is 1. The molecule has 0 saturated carbocycles. The number of aromatic nitrogens is 3. The summed E-state index contributed by atoms with van der Waals surface area (Å²) in [5.74, 6) is 0.296. The molecule has 1 atom stereocenters. The second kappa shape index (κ2) is 7.70. The first-order valence-corrected chi connectivity index (χ1v) is 11.0. The van der Waals surface area contributed by atoms with E-state index in [1.807, 2.05) is 24.4 Å². The van der Waals surface area contributed by atoms with Gasteiger partial charge in [-0.2, -0.15) is 0 Å². The third-order valence-corrected chi connectivity index (χ3v) is 6.44. The summed E-state index contributed by atoms with van der Waals surface area (Å²) in [5.41, 5.74) is 7.14. The van der Waals surface area contributed by atoms with Crippen molar-refractivity contribution in [2.75, 3.05) is 6.54 Å². The van der Waals surface area contributed by atoms with Crippen LogP contribution >= 0.6 is 0 Å². The number of pyridine rings is 1. The number of hydrogen-bond acceptors (Lipinski definition) is 3. The van der Waals surface area contributed by atoms with Crippen LogP contribution in [0.25, 0.3) is 16.6 Å². The summed E-state index contributed by atoms with van der Waals surface area (Å²) in [6.45, 7) is 1.73. The highest BCUT2D eigenvalue weighted by Crippen LogP contribution is 2.39. The Kier molecular flexibility index (Phi) is 4.55. The van der Waals surface area contributed by atoms with Gasteiger partial charge in [-0.3, -0.25) is 9.88 Å². The van der Waals surface area contributed by atoms with Crippen molar-refractivity contribution in [3.8, 4) is 11.4 Å². The number of aromatic amines is 1. The van der Waals surface area contributed by atoms with E-state index in [1.54, 1.807) is 12.3 Å². The maximum atomic E-state index is 10.2. The average molecular weight is 421 g/mol. The highest BCUT2D eigenvalue weighted by atomic mass is 16.3. The minimum Gasteiger partial charge on any atom is -0.508 e. The van der Waals surface area contributed by atoms with Crippen LogP contribution in [0.3, 0.4) is 0 Å². The number of nitrogens with one attached hydrogen (secondary N) is 1. The van der Waals surface area contributed by atoms with Gasteiger partial charge in [0.2, 0.25) is 0 Å². The SMILES string of the molecule is Oc1cccc(C2c3[nH]c4ccccc4c3CCN2Cc2cccn2-c2cccnc2)c1. The zero-order chi connectivity index (χ0) is 21.5. The van der Waals surface area contributed by atoms with Gasteiger partial charge in [0, 0.05) is 47.8 Å². The Morgan fingerprint density at radius 3 is 2.81 bits per heavy atom. The number of fused-ring (bicyclic) bond motifs is 3. The fraction of sp³-hybridized carbons (Fsp3) is 0.148. The largest absolute Gasteiger partial charge is 0.508 e.